The third-order valence-corrected chi connectivity index (χ3v) is 4.01. The number of H-pyrrole nitrogens is 1. The first kappa shape index (κ1) is 13.2. The van der Waals surface area contributed by atoms with Crippen LogP contribution in [0.2, 0.25) is 0 Å². The zero-order chi connectivity index (χ0) is 14.3. The molecule has 0 radical (unpaired) electrons. The molecule has 0 unspecified atom stereocenters. The molecule has 0 atom stereocenters. The molecule has 1 N–H and O–H groups in total. The van der Waals surface area contributed by atoms with E-state index in [1.165, 1.54) is 11.1 Å². The first-order valence-electron chi connectivity index (χ1n) is 6.39. The Labute approximate surface area is 126 Å². The highest BCUT2D eigenvalue weighted by atomic mass is 79.9. The topological polar surface area (TPSA) is 37.9 Å². The lowest BCUT2D eigenvalue weighted by Gasteiger charge is -2.06. The summed E-state index contributed by atoms with van der Waals surface area (Å²) in [6.07, 6.45) is 0. The number of fused-ring (bicyclic) bond motifs is 1. The van der Waals surface area contributed by atoms with Gasteiger partial charge in [0.25, 0.3) is 0 Å². The number of aromatic nitrogens is 2. The summed E-state index contributed by atoms with van der Waals surface area (Å²) in [6.45, 7) is 4.21. The van der Waals surface area contributed by atoms with E-state index in [2.05, 4.69) is 51.9 Å². The average molecular weight is 331 g/mol. The molecule has 0 aliphatic rings. The number of hydrogen-bond donors (Lipinski definition) is 1. The van der Waals surface area contributed by atoms with Crippen LogP contribution in [0.5, 0.6) is 5.75 Å². The number of nitrogens with one attached hydrogen (secondary N) is 1. The van der Waals surface area contributed by atoms with Crippen LogP contribution < -0.4 is 4.74 Å². The highest BCUT2D eigenvalue weighted by Crippen LogP contribution is 2.32. The van der Waals surface area contributed by atoms with E-state index >= 15 is 0 Å². The Hall–Kier alpha value is -1.81. The minimum Gasteiger partial charge on any atom is -0.496 e. The summed E-state index contributed by atoms with van der Waals surface area (Å²) in [5, 5.41) is 0. The molecule has 0 aliphatic heterocycles. The molecule has 0 spiro atoms. The molecular weight excluding hydrogens is 316 g/mol. The maximum atomic E-state index is 5.43. The maximum absolute atomic E-state index is 5.43. The van der Waals surface area contributed by atoms with Crippen LogP contribution in [0.3, 0.4) is 0 Å². The molecule has 3 rings (SSSR count). The van der Waals surface area contributed by atoms with Gasteiger partial charge in [-0.05, 0) is 55.3 Å². The van der Waals surface area contributed by atoms with Crippen molar-refractivity contribution in [3.8, 4) is 17.1 Å². The molecule has 0 saturated heterocycles. The van der Waals surface area contributed by atoms with Crippen LogP contribution in [0.15, 0.2) is 34.8 Å². The largest absolute Gasteiger partial charge is 0.496 e. The van der Waals surface area contributed by atoms with Gasteiger partial charge < -0.3 is 9.72 Å². The number of ether oxygens (including phenoxy) is 1. The van der Waals surface area contributed by atoms with Crippen molar-refractivity contribution in [2.24, 2.45) is 0 Å². The molecule has 0 bridgehead atoms. The lowest BCUT2D eigenvalue weighted by Crippen LogP contribution is -1.89. The van der Waals surface area contributed by atoms with Crippen molar-refractivity contribution < 1.29 is 4.74 Å². The van der Waals surface area contributed by atoms with E-state index in [1.54, 1.807) is 7.11 Å². The van der Waals surface area contributed by atoms with Gasteiger partial charge in [-0.1, -0.05) is 15.9 Å². The lowest BCUT2D eigenvalue weighted by atomic mass is 10.1. The predicted molar refractivity (Wildman–Crippen MR) is 85.3 cm³/mol. The Morgan fingerprint density at radius 2 is 1.85 bits per heavy atom. The number of imidazole rings is 1. The molecule has 3 aromatic rings. The van der Waals surface area contributed by atoms with Gasteiger partial charge in [0.2, 0.25) is 0 Å². The number of halogens is 1. The smallest absolute Gasteiger partial charge is 0.142 e. The average Bonchev–Trinajstić information content (AvgIpc) is 2.81. The van der Waals surface area contributed by atoms with E-state index < -0.39 is 0 Å². The molecule has 102 valence electrons. The van der Waals surface area contributed by atoms with E-state index in [9.17, 15) is 0 Å². The summed E-state index contributed by atoms with van der Waals surface area (Å²) < 4.78 is 6.42. The minimum absolute atomic E-state index is 0.798. The zero-order valence-electron chi connectivity index (χ0n) is 11.6. The molecule has 3 nitrogen and oxygen atoms in total. The van der Waals surface area contributed by atoms with E-state index in [4.69, 9.17) is 4.74 Å². The summed E-state index contributed by atoms with van der Waals surface area (Å²) in [6, 6.07) is 10.2. The number of aromatic amines is 1. The van der Waals surface area contributed by atoms with Gasteiger partial charge in [0.1, 0.15) is 11.6 Å². The van der Waals surface area contributed by atoms with Crippen molar-refractivity contribution in [3.63, 3.8) is 0 Å². The third kappa shape index (κ3) is 2.20. The van der Waals surface area contributed by atoms with Crippen LogP contribution in [-0.2, 0) is 0 Å². The van der Waals surface area contributed by atoms with Crippen molar-refractivity contribution in [1.29, 1.82) is 0 Å². The van der Waals surface area contributed by atoms with Gasteiger partial charge in [-0.3, -0.25) is 0 Å². The van der Waals surface area contributed by atoms with Gasteiger partial charge in [-0.25, -0.2) is 4.98 Å². The Morgan fingerprint density at radius 1 is 1.10 bits per heavy atom. The standard InChI is InChI=1S/C16H15BrN2O/c1-9-6-13-14(7-10(9)2)19-16(18-13)12-5-4-11(17)8-15(12)20-3/h4-8H,1-3H3,(H,18,19). The molecule has 0 amide bonds. The molecule has 20 heavy (non-hydrogen) atoms. The number of nitrogens with zero attached hydrogens (tertiary/aromatic N) is 1. The summed E-state index contributed by atoms with van der Waals surface area (Å²) in [5.41, 5.74) is 5.50. The van der Waals surface area contributed by atoms with Crippen LogP contribution in [-0.4, -0.2) is 17.1 Å². The Bertz CT molecular complexity index is 754. The van der Waals surface area contributed by atoms with Crippen molar-refractivity contribution in [2.75, 3.05) is 7.11 Å². The van der Waals surface area contributed by atoms with Crippen molar-refractivity contribution in [1.82, 2.24) is 9.97 Å². The number of hydrogen-bond acceptors (Lipinski definition) is 2. The molecule has 0 saturated carbocycles. The van der Waals surface area contributed by atoms with Gasteiger partial charge in [-0.2, -0.15) is 0 Å². The number of benzene rings is 2. The summed E-state index contributed by atoms with van der Waals surface area (Å²) in [7, 11) is 1.67. The van der Waals surface area contributed by atoms with Crippen LogP contribution >= 0.6 is 15.9 Å². The molecule has 2 aromatic carbocycles. The minimum atomic E-state index is 0.798. The monoisotopic (exact) mass is 330 g/mol. The normalized spacial score (nSPS) is 11.0. The maximum Gasteiger partial charge on any atom is 0.142 e. The molecule has 1 aromatic heterocycles. The lowest BCUT2D eigenvalue weighted by molar-refractivity contribution is 0.416. The number of aryl methyl sites for hydroxylation is 2. The number of methoxy groups -OCH3 is 1. The van der Waals surface area contributed by atoms with Crippen LogP contribution in [0.1, 0.15) is 11.1 Å². The third-order valence-electron chi connectivity index (χ3n) is 3.52. The fourth-order valence-electron chi connectivity index (χ4n) is 2.26. The first-order chi connectivity index (χ1) is 9.58. The summed E-state index contributed by atoms with van der Waals surface area (Å²) in [4.78, 5) is 8.04. The highest BCUT2D eigenvalue weighted by molar-refractivity contribution is 9.10. The molecule has 0 fully saturated rings. The second-order valence-electron chi connectivity index (χ2n) is 4.88. The second kappa shape index (κ2) is 4.94. The van der Waals surface area contributed by atoms with E-state index in [1.807, 2.05) is 18.2 Å². The van der Waals surface area contributed by atoms with Crippen molar-refractivity contribution in [3.05, 3.63) is 45.9 Å². The van der Waals surface area contributed by atoms with E-state index in [0.717, 1.165) is 32.6 Å². The SMILES string of the molecule is COc1cc(Br)ccc1-c1nc2cc(C)c(C)cc2[nH]1. The fraction of sp³-hybridized carbons (Fsp3) is 0.188. The van der Waals surface area contributed by atoms with Gasteiger partial charge in [0.15, 0.2) is 0 Å². The van der Waals surface area contributed by atoms with Crippen LogP contribution in [0, 0.1) is 13.8 Å². The van der Waals surface area contributed by atoms with Crippen molar-refractivity contribution >= 4 is 27.0 Å². The molecular formula is C16H15BrN2O. The predicted octanol–water partition coefficient (Wildman–Crippen LogP) is 4.62. The van der Waals surface area contributed by atoms with Gasteiger partial charge >= 0.3 is 0 Å². The van der Waals surface area contributed by atoms with E-state index in [0.29, 0.717) is 0 Å². The Balaban J connectivity index is 2.20. The van der Waals surface area contributed by atoms with E-state index in [-0.39, 0.29) is 0 Å². The fourth-order valence-corrected chi connectivity index (χ4v) is 2.60. The molecule has 0 aliphatic carbocycles. The highest BCUT2D eigenvalue weighted by Gasteiger charge is 2.11. The van der Waals surface area contributed by atoms with Gasteiger partial charge in [0, 0.05) is 4.47 Å². The summed E-state index contributed by atoms with van der Waals surface area (Å²) in [5.74, 6) is 1.63. The van der Waals surface area contributed by atoms with Crippen molar-refractivity contribution in [2.45, 2.75) is 13.8 Å². The number of rotatable bonds is 2. The zero-order valence-corrected chi connectivity index (χ0v) is 13.2. The van der Waals surface area contributed by atoms with Crippen LogP contribution in [0.4, 0.5) is 0 Å². The first-order valence-corrected chi connectivity index (χ1v) is 7.18. The Kier molecular flexibility index (Phi) is 3.26. The van der Waals surface area contributed by atoms with Gasteiger partial charge in [-0.15, -0.1) is 0 Å². The molecule has 4 heteroatoms. The Morgan fingerprint density at radius 3 is 2.60 bits per heavy atom. The van der Waals surface area contributed by atoms with Crippen LogP contribution in [0.25, 0.3) is 22.4 Å². The summed E-state index contributed by atoms with van der Waals surface area (Å²) >= 11 is 3.45. The molecule has 1 heterocycles. The second-order valence-corrected chi connectivity index (χ2v) is 5.80. The quantitative estimate of drug-likeness (QED) is 0.744. The van der Waals surface area contributed by atoms with Gasteiger partial charge in [0.05, 0.1) is 23.7 Å².